The molecule has 0 saturated heterocycles. The molecule has 0 spiro atoms. The van der Waals surface area contributed by atoms with Crippen LogP contribution in [0.3, 0.4) is 0 Å². The van der Waals surface area contributed by atoms with E-state index in [0.29, 0.717) is 11.5 Å². The molecule has 18 heavy (non-hydrogen) atoms. The summed E-state index contributed by atoms with van der Waals surface area (Å²) in [5, 5.41) is 2.89. The zero-order valence-corrected chi connectivity index (χ0v) is 12.5. The standard InChI is InChI=1S/C13H12INO2S/c14-11-5-1-2-6-12(11)15-13(16)9-18-8-10-4-3-7-17-10/h1-7H,8-9H2,(H,15,16). The number of halogens is 1. The summed E-state index contributed by atoms with van der Waals surface area (Å²) in [5.41, 5.74) is 0.863. The molecule has 1 aromatic carbocycles. The van der Waals surface area contributed by atoms with Gasteiger partial charge in [0.05, 0.1) is 23.5 Å². The van der Waals surface area contributed by atoms with E-state index in [1.807, 2.05) is 36.4 Å². The van der Waals surface area contributed by atoms with Crippen molar-refractivity contribution >= 4 is 45.9 Å². The molecule has 3 nitrogen and oxygen atoms in total. The van der Waals surface area contributed by atoms with Gasteiger partial charge in [0, 0.05) is 3.57 Å². The van der Waals surface area contributed by atoms with Crippen molar-refractivity contribution in [2.45, 2.75) is 5.75 Å². The predicted octanol–water partition coefficient (Wildman–Crippen LogP) is 3.76. The van der Waals surface area contributed by atoms with Gasteiger partial charge in [-0.05, 0) is 46.9 Å². The number of furan rings is 1. The fraction of sp³-hybridized carbons (Fsp3) is 0.154. The first-order valence-electron chi connectivity index (χ1n) is 5.40. The summed E-state index contributed by atoms with van der Waals surface area (Å²) < 4.78 is 6.24. The number of nitrogens with one attached hydrogen (secondary N) is 1. The van der Waals surface area contributed by atoms with Crippen LogP contribution in [0.25, 0.3) is 0 Å². The monoisotopic (exact) mass is 373 g/mol. The summed E-state index contributed by atoms with van der Waals surface area (Å²) in [6.07, 6.45) is 1.64. The summed E-state index contributed by atoms with van der Waals surface area (Å²) in [4.78, 5) is 11.7. The number of amides is 1. The van der Waals surface area contributed by atoms with Crippen LogP contribution in [0, 0.1) is 3.57 Å². The molecule has 1 aromatic heterocycles. The van der Waals surface area contributed by atoms with Gasteiger partial charge in [-0.2, -0.15) is 0 Å². The van der Waals surface area contributed by atoms with E-state index in [4.69, 9.17) is 4.42 Å². The second-order valence-electron chi connectivity index (χ2n) is 3.60. The minimum atomic E-state index is 0.00988. The molecule has 1 amide bonds. The lowest BCUT2D eigenvalue weighted by Gasteiger charge is -2.06. The number of anilines is 1. The highest BCUT2D eigenvalue weighted by Crippen LogP contribution is 2.18. The van der Waals surface area contributed by atoms with Crippen LogP contribution in [0.2, 0.25) is 0 Å². The van der Waals surface area contributed by atoms with Gasteiger partial charge in [0.1, 0.15) is 5.76 Å². The fourth-order valence-corrected chi connectivity index (χ4v) is 2.64. The number of benzene rings is 1. The summed E-state index contributed by atoms with van der Waals surface area (Å²) in [5.74, 6) is 2.04. The van der Waals surface area contributed by atoms with E-state index in [1.54, 1.807) is 6.26 Å². The maximum Gasteiger partial charge on any atom is 0.234 e. The average Bonchev–Trinajstić information content (AvgIpc) is 2.85. The van der Waals surface area contributed by atoms with Crippen molar-refractivity contribution in [3.05, 3.63) is 52.0 Å². The molecule has 0 radical (unpaired) electrons. The van der Waals surface area contributed by atoms with Gasteiger partial charge in [-0.15, -0.1) is 11.8 Å². The highest BCUT2D eigenvalue weighted by Gasteiger charge is 2.05. The molecule has 0 unspecified atom stereocenters. The first-order valence-corrected chi connectivity index (χ1v) is 7.63. The van der Waals surface area contributed by atoms with Crippen molar-refractivity contribution in [3.8, 4) is 0 Å². The second kappa shape index (κ2) is 6.84. The van der Waals surface area contributed by atoms with E-state index in [1.165, 1.54) is 11.8 Å². The Morgan fingerprint density at radius 1 is 1.28 bits per heavy atom. The molecule has 0 saturated carbocycles. The Balaban J connectivity index is 1.77. The summed E-state index contributed by atoms with van der Waals surface area (Å²) in [6, 6.07) is 11.5. The van der Waals surface area contributed by atoms with Gasteiger partial charge < -0.3 is 9.73 Å². The van der Waals surface area contributed by atoms with Crippen molar-refractivity contribution < 1.29 is 9.21 Å². The van der Waals surface area contributed by atoms with Gasteiger partial charge in [0.15, 0.2) is 0 Å². The zero-order chi connectivity index (χ0) is 12.8. The molecule has 0 fully saturated rings. The van der Waals surface area contributed by atoms with Crippen LogP contribution in [0.15, 0.2) is 47.1 Å². The lowest BCUT2D eigenvalue weighted by molar-refractivity contribution is -0.113. The van der Waals surface area contributed by atoms with Gasteiger partial charge in [0.2, 0.25) is 5.91 Å². The van der Waals surface area contributed by atoms with Gasteiger partial charge in [-0.25, -0.2) is 0 Å². The van der Waals surface area contributed by atoms with Gasteiger partial charge in [-0.3, -0.25) is 4.79 Å². The minimum Gasteiger partial charge on any atom is -0.468 e. The highest BCUT2D eigenvalue weighted by atomic mass is 127. The van der Waals surface area contributed by atoms with Crippen LogP contribution in [0.4, 0.5) is 5.69 Å². The third-order valence-electron chi connectivity index (χ3n) is 2.21. The van der Waals surface area contributed by atoms with Crippen LogP contribution in [0.5, 0.6) is 0 Å². The van der Waals surface area contributed by atoms with E-state index in [0.717, 1.165) is 15.0 Å². The Kier molecular flexibility index (Phi) is 5.12. The lowest BCUT2D eigenvalue weighted by Crippen LogP contribution is -2.14. The quantitative estimate of drug-likeness (QED) is 0.812. The molecule has 1 N–H and O–H groups in total. The molecule has 5 heteroatoms. The van der Waals surface area contributed by atoms with Gasteiger partial charge >= 0.3 is 0 Å². The highest BCUT2D eigenvalue weighted by molar-refractivity contribution is 14.1. The predicted molar refractivity (Wildman–Crippen MR) is 82.7 cm³/mol. The molecule has 0 bridgehead atoms. The van der Waals surface area contributed by atoms with E-state index < -0.39 is 0 Å². The Labute approximate surface area is 123 Å². The third kappa shape index (κ3) is 4.06. The zero-order valence-electron chi connectivity index (χ0n) is 9.56. The number of para-hydroxylation sites is 1. The Morgan fingerprint density at radius 2 is 2.11 bits per heavy atom. The van der Waals surface area contributed by atoms with Crippen molar-refractivity contribution in [1.82, 2.24) is 0 Å². The topological polar surface area (TPSA) is 42.2 Å². The Bertz CT molecular complexity index is 513. The number of hydrogen-bond acceptors (Lipinski definition) is 3. The Morgan fingerprint density at radius 3 is 2.83 bits per heavy atom. The van der Waals surface area contributed by atoms with Gasteiger partial charge in [0.25, 0.3) is 0 Å². The number of hydrogen-bond donors (Lipinski definition) is 1. The maximum absolute atomic E-state index is 11.7. The molecule has 1 heterocycles. The molecule has 0 aliphatic heterocycles. The Hall–Kier alpha value is -0.950. The fourth-order valence-electron chi connectivity index (χ4n) is 1.39. The minimum absolute atomic E-state index is 0.00988. The molecule has 0 aliphatic carbocycles. The number of carbonyl (C=O) groups is 1. The molecule has 2 aromatic rings. The third-order valence-corrected chi connectivity index (χ3v) is 4.10. The summed E-state index contributed by atoms with van der Waals surface area (Å²) in [7, 11) is 0. The molecular formula is C13H12INO2S. The maximum atomic E-state index is 11.7. The second-order valence-corrected chi connectivity index (χ2v) is 5.75. The molecule has 0 aliphatic rings. The average molecular weight is 373 g/mol. The molecular weight excluding hydrogens is 361 g/mol. The van der Waals surface area contributed by atoms with Crippen LogP contribution in [-0.4, -0.2) is 11.7 Å². The van der Waals surface area contributed by atoms with Crippen molar-refractivity contribution in [2.75, 3.05) is 11.1 Å². The van der Waals surface area contributed by atoms with E-state index in [2.05, 4.69) is 27.9 Å². The summed E-state index contributed by atoms with van der Waals surface area (Å²) >= 11 is 3.74. The first kappa shape index (κ1) is 13.5. The largest absolute Gasteiger partial charge is 0.468 e. The smallest absolute Gasteiger partial charge is 0.234 e. The SMILES string of the molecule is O=C(CSCc1ccco1)Nc1ccccc1I. The van der Waals surface area contributed by atoms with Crippen molar-refractivity contribution in [1.29, 1.82) is 0 Å². The van der Waals surface area contributed by atoms with Crippen LogP contribution < -0.4 is 5.32 Å². The number of rotatable bonds is 5. The van der Waals surface area contributed by atoms with Crippen molar-refractivity contribution in [3.63, 3.8) is 0 Å². The number of carbonyl (C=O) groups excluding carboxylic acids is 1. The van der Waals surface area contributed by atoms with Gasteiger partial charge in [-0.1, -0.05) is 12.1 Å². The number of thioether (sulfide) groups is 1. The van der Waals surface area contributed by atoms with Crippen LogP contribution in [0.1, 0.15) is 5.76 Å². The molecule has 94 valence electrons. The van der Waals surface area contributed by atoms with Crippen LogP contribution >= 0.6 is 34.4 Å². The summed E-state index contributed by atoms with van der Waals surface area (Å²) in [6.45, 7) is 0. The van der Waals surface area contributed by atoms with E-state index >= 15 is 0 Å². The normalized spacial score (nSPS) is 10.3. The molecule has 2 rings (SSSR count). The first-order chi connectivity index (χ1) is 8.75. The van der Waals surface area contributed by atoms with E-state index in [9.17, 15) is 4.79 Å². The van der Waals surface area contributed by atoms with Crippen molar-refractivity contribution in [2.24, 2.45) is 0 Å². The molecule has 0 atom stereocenters. The van der Waals surface area contributed by atoms with Crippen LogP contribution in [-0.2, 0) is 10.5 Å². The van der Waals surface area contributed by atoms with E-state index in [-0.39, 0.29) is 5.91 Å². The lowest BCUT2D eigenvalue weighted by atomic mass is 10.3.